The molecule has 0 saturated heterocycles. The van der Waals surface area contributed by atoms with Crippen molar-refractivity contribution >= 4 is 37.5 Å². The molecule has 0 saturated carbocycles. The number of anilines is 1. The van der Waals surface area contributed by atoms with Gasteiger partial charge >= 0.3 is 0 Å². The maximum Gasteiger partial charge on any atom is 0.268 e. The molecule has 0 radical (unpaired) electrons. The molecule has 1 unspecified atom stereocenters. The summed E-state index contributed by atoms with van der Waals surface area (Å²) in [5, 5.41) is 15.6. The smallest absolute Gasteiger partial charge is 0.268 e. The third-order valence-electron chi connectivity index (χ3n) is 3.55. The van der Waals surface area contributed by atoms with Crippen molar-refractivity contribution in [3.05, 3.63) is 12.3 Å². The molecular weight excluding hydrogens is 306 g/mol. The van der Waals surface area contributed by atoms with E-state index >= 15 is 0 Å². The number of carbonyl (C=O) groups is 1. The number of H-pyrrole nitrogens is 1. The van der Waals surface area contributed by atoms with E-state index in [0.717, 1.165) is 12.1 Å². The van der Waals surface area contributed by atoms with Crippen molar-refractivity contribution in [1.82, 2.24) is 25.5 Å². The molecule has 22 heavy (non-hydrogen) atoms. The normalized spacial score (nSPS) is 18.4. The molecular formula is C12H15N7O2S. The Morgan fingerprint density at radius 3 is 3.09 bits per heavy atom. The number of nitrogens with zero attached hydrogens (tertiary/aromatic N) is 5. The first-order chi connectivity index (χ1) is 10.6. The van der Waals surface area contributed by atoms with Crippen LogP contribution in [0.2, 0.25) is 0 Å². The lowest BCUT2D eigenvalue weighted by molar-refractivity contribution is -0.110. The second-order valence-corrected chi connectivity index (χ2v) is 6.36. The summed E-state index contributed by atoms with van der Waals surface area (Å²) in [7, 11) is -1.58. The van der Waals surface area contributed by atoms with Crippen LogP contribution in [0.1, 0.15) is 20.3 Å². The van der Waals surface area contributed by atoms with Crippen LogP contribution in [0.25, 0.3) is 0 Å². The summed E-state index contributed by atoms with van der Waals surface area (Å²) in [5.41, 5.74) is 0.878. The van der Waals surface area contributed by atoms with Gasteiger partial charge in [-0.1, -0.05) is 18.9 Å². The van der Waals surface area contributed by atoms with E-state index in [-0.39, 0.29) is 23.3 Å². The van der Waals surface area contributed by atoms with Crippen LogP contribution in [0.3, 0.4) is 0 Å². The Morgan fingerprint density at radius 2 is 2.41 bits per heavy atom. The summed E-state index contributed by atoms with van der Waals surface area (Å²) in [4.78, 5) is 18.6. The standard InChI is InChI=1S/C12H15N7O2S/c1-3-7(2)8-4-5-19-6-9(22(21)12(19)13-8)10(20)14-11-15-17-18-16-11/h4-5,7H,3,6H2,1-2H3,(H2,14,15,16,17,18,20). The maximum absolute atomic E-state index is 12.5. The highest BCUT2D eigenvalue weighted by molar-refractivity contribution is 7.87. The first-order valence-electron chi connectivity index (χ1n) is 6.83. The van der Waals surface area contributed by atoms with Crippen LogP contribution in [0.4, 0.5) is 5.95 Å². The number of aliphatic imine (C=N–C) groups is 1. The highest BCUT2D eigenvalue weighted by Crippen LogP contribution is 2.14. The Kier molecular flexibility index (Phi) is 3.75. The third-order valence-corrected chi connectivity index (χ3v) is 4.97. The molecule has 2 aliphatic rings. The van der Waals surface area contributed by atoms with Crippen LogP contribution in [0.5, 0.6) is 0 Å². The van der Waals surface area contributed by atoms with Crippen LogP contribution in [0.15, 0.2) is 17.3 Å². The van der Waals surface area contributed by atoms with Crippen LogP contribution in [-0.2, 0) is 14.8 Å². The third kappa shape index (κ3) is 2.52. The number of aromatic amines is 1. The lowest BCUT2D eigenvalue weighted by atomic mass is 10.0. The van der Waals surface area contributed by atoms with Gasteiger partial charge in [-0.25, -0.2) is 14.3 Å². The average molecular weight is 321 g/mol. The van der Waals surface area contributed by atoms with Gasteiger partial charge in [0, 0.05) is 11.9 Å². The van der Waals surface area contributed by atoms with Crippen LogP contribution in [-0.4, -0.2) is 57.9 Å². The molecule has 116 valence electrons. The average Bonchev–Trinajstić information content (AvgIpc) is 3.14. The quantitative estimate of drug-likeness (QED) is 0.721. The van der Waals surface area contributed by atoms with Crippen LogP contribution in [0, 0.1) is 5.92 Å². The van der Waals surface area contributed by atoms with E-state index in [1.54, 1.807) is 4.90 Å². The number of nitrogens with one attached hydrogen (secondary N) is 2. The van der Waals surface area contributed by atoms with Crippen molar-refractivity contribution in [2.75, 3.05) is 11.9 Å². The van der Waals surface area contributed by atoms with Gasteiger partial charge in [0.1, 0.15) is 4.86 Å². The first kappa shape index (κ1) is 14.4. The number of allylic oxidation sites excluding steroid dienone is 1. The van der Waals surface area contributed by atoms with E-state index in [1.807, 2.05) is 12.3 Å². The number of hydrogen-bond acceptors (Lipinski definition) is 7. The second kappa shape index (κ2) is 5.72. The summed E-state index contributed by atoms with van der Waals surface area (Å²) in [6.07, 6.45) is 4.66. The van der Waals surface area contributed by atoms with Gasteiger partial charge in [-0.05, 0) is 28.8 Å². The monoisotopic (exact) mass is 321 g/mol. The number of hydrogen-bond donors (Lipinski definition) is 2. The van der Waals surface area contributed by atoms with Gasteiger partial charge in [0.15, 0.2) is 0 Å². The lowest BCUT2D eigenvalue weighted by Crippen LogP contribution is -2.32. The van der Waals surface area contributed by atoms with Gasteiger partial charge in [0.25, 0.3) is 5.91 Å². The molecule has 1 aromatic rings. The zero-order chi connectivity index (χ0) is 15.7. The Labute approximate surface area is 128 Å². The minimum Gasteiger partial charge on any atom is -0.317 e. The molecule has 10 heteroatoms. The highest BCUT2D eigenvalue weighted by Gasteiger charge is 2.28. The zero-order valence-corrected chi connectivity index (χ0v) is 12.9. The van der Waals surface area contributed by atoms with Crippen molar-refractivity contribution in [3.63, 3.8) is 0 Å². The van der Waals surface area contributed by atoms with E-state index in [0.29, 0.717) is 5.11 Å². The SMILES string of the molecule is CCC(C)C1=NC2=S(=O)=C(C(=O)Nc3nnn[nH]3)CN2C=C1. The number of rotatable bonds is 4. The first-order valence-corrected chi connectivity index (χ1v) is 7.98. The number of amides is 1. The van der Waals surface area contributed by atoms with Crippen molar-refractivity contribution in [1.29, 1.82) is 0 Å². The van der Waals surface area contributed by atoms with Crippen LogP contribution < -0.4 is 5.32 Å². The molecule has 3 rings (SSSR count). The summed E-state index contributed by atoms with van der Waals surface area (Å²) in [6.45, 7) is 4.37. The maximum atomic E-state index is 12.5. The molecule has 1 atom stereocenters. The van der Waals surface area contributed by atoms with Crippen molar-refractivity contribution < 1.29 is 9.00 Å². The molecule has 1 aromatic heterocycles. The summed E-state index contributed by atoms with van der Waals surface area (Å²) in [5.74, 6) is -0.0859. The molecule has 0 aliphatic carbocycles. The Hall–Kier alpha value is -2.49. The molecule has 2 N–H and O–H groups in total. The molecule has 9 nitrogen and oxygen atoms in total. The zero-order valence-electron chi connectivity index (χ0n) is 12.1. The minimum absolute atomic E-state index is 0.115. The number of tetrazole rings is 1. The van der Waals surface area contributed by atoms with Crippen LogP contribution >= 0.6 is 0 Å². The fourth-order valence-electron chi connectivity index (χ4n) is 2.06. The van der Waals surface area contributed by atoms with E-state index in [9.17, 15) is 9.00 Å². The Bertz CT molecular complexity index is 807. The van der Waals surface area contributed by atoms with Gasteiger partial charge < -0.3 is 4.90 Å². The predicted molar refractivity (Wildman–Crippen MR) is 83.7 cm³/mol. The van der Waals surface area contributed by atoms with E-state index < -0.39 is 15.9 Å². The van der Waals surface area contributed by atoms with Gasteiger partial charge in [-0.2, -0.15) is 0 Å². The number of fused-ring (bicyclic) bond motifs is 1. The molecule has 0 aromatic carbocycles. The second-order valence-electron chi connectivity index (χ2n) is 4.97. The summed E-state index contributed by atoms with van der Waals surface area (Å²) < 4.78 is 12.5. The van der Waals surface area contributed by atoms with Gasteiger partial charge in [0.05, 0.1) is 16.5 Å². The fourth-order valence-corrected chi connectivity index (χ4v) is 3.29. The number of carbonyl (C=O) groups excluding carboxylic acids is 1. The molecule has 2 aliphatic heterocycles. The highest BCUT2D eigenvalue weighted by atomic mass is 32.1. The van der Waals surface area contributed by atoms with Crippen molar-refractivity contribution in [2.24, 2.45) is 10.9 Å². The van der Waals surface area contributed by atoms with Gasteiger partial charge in [-0.3, -0.25) is 10.1 Å². The molecule has 0 fully saturated rings. The van der Waals surface area contributed by atoms with E-state index in [2.05, 4.69) is 44.8 Å². The lowest BCUT2D eigenvalue weighted by Gasteiger charge is -2.20. The summed E-state index contributed by atoms with van der Waals surface area (Å²) >= 11 is 0. The molecule has 3 heterocycles. The fraction of sp³-hybridized carbons (Fsp3) is 0.417. The molecule has 0 spiro atoms. The molecule has 0 bridgehead atoms. The van der Waals surface area contributed by atoms with Gasteiger partial charge in [0.2, 0.25) is 11.1 Å². The van der Waals surface area contributed by atoms with E-state index in [1.165, 1.54) is 0 Å². The minimum atomic E-state index is -1.58. The Balaban J connectivity index is 1.91. The van der Waals surface area contributed by atoms with Crippen molar-refractivity contribution in [2.45, 2.75) is 20.3 Å². The van der Waals surface area contributed by atoms with Gasteiger partial charge in [-0.15, -0.1) is 0 Å². The predicted octanol–water partition coefficient (Wildman–Crippen LogP) is -0.523. The summed E-state index contributed by atoms with van der Waals surface area (Å²) in [6, 6.07) is 0. The Morgan fingerprint density at radius 1 is 1.59 bits per heavy atom. The number of aromatic nitrogens is 4. The topological polar surface area (TPSA) is 116 Å². The van der Waals surface area contributed by atoms with Crippen molar-refractivity contribution in [3.8, 4) is 0 Å². The van der Waals surface area contributed by atoms with E-state index in [4.69, 9.17) is 0 Å². The largest absolute Gasteiger partial charge is 0.317 e. The molecule has 1 amide bonds.